The average Bonchev–Trinajstić information content (AvgIpc) is 3.36. The highest BCUT2D eigenvalue weighted by molar-refractivity contribution is 6.07. The van der Waals surface area contributed by atoms with Gasteiger partial charge in [0.25, 0.3) is 11.5 Å². The Morgan fingerprint density at radius 2 is 1.83 bits per heavy atom. The molecule has 2 aromatic heterocycles. The number of nitrogens with one attached hydrogen (secondary N) is 1. The maximum atomic E-state index is 13.8. The Bertz CT molecular complexity index is 1320. The average molecular weight is 494 g/mol. The minimum absolute atomic E-state index is 0.0811. The van der Waals surface area contributed by atoms with Crippen molar-refractivity contribution in [2.75, 3.05) is 59.2 Å². The van der Waals surface area contributed by atoms with Crippen LogP contribution in [0.5, 0.6) is 0 Å². The molecule has 3 fully saturated rings. The molecule has 1 unspecified atom stereocenters. The third-order valence-electron chi connectivity index (χ3n) is 8.10. The van der Waals surface area contributed by atoms with Gasteiger partial charge in [-0.3, -0.25) is 19.2 Å². The number of aryl methyl sites for hydroxylation is 1. The number of hydrogen-bond donors (Lipinski definition) is 1. The number of carbonyl (C=O) groups excluding carboxylic acids is 1. The van der Waals surface area contributed by atoms with E-state index in [0.717, 1.165) is 93.6 Å². The normalized spacial score (nSPS) is 22.5. The molecule has 9 nitrogen and oxygen atoms in total. The summed E-state index contributed by atoms with van der Waals surface area (Å²) >= 11 is 0. The van der Waals surface area contributed by atoms with Crippen LogP contribution < -0.4 is 5.56 Å². The molecule has 3 saturated heterocycles. The number of morpholine rings is 1. The summed E-state index contributed by atoms with van der Waals surface area (Å²) in [6, 6.07) is 4.11. The van der Waals surface area contributed by atoms with Gasteiger partial charge in [0, 0.05) is 56.9 Å². The highest BCUT2D eigenvalue weighted by Crippen LogP contribution is 2.31. The molecule has 9 heteroatoms. The van der Waals surface area contributed by atoms with Crippen LogP contribution in [-0.2, 0) is 9.47 Å². The molecule has 0 saturated carbocycles. The molecule has 3 aliphatic heterocycles. The molecule has 5 heterocycles. The summed E-state index contributed by atoms with van der Waals surface area (Å²) in [5.41, 5.74) is 3.02. The summed E-state index contributed by atoms with van der Waals surface area (Å²) in [6.45, 7) is 9.49. The van der Waals surface area contributed by atoms with E-state index in [-0.39, 0.29) is 17.5 Å². The lowest BCUT2D eigenvalue weighted by Gasteiger charge is -2.37. The highest BCUT2D eigenvalue weighted by Gasteiger charge is 2.28. The third-order valence-corrected chi connectivity index (χ3v) is 8.10. The fourth-order valence-corrected chi connectivity index (χ4v) is 6.15. The minimum Gasteiger partial charge on any atom is -0.381 e. The standard InChI is InChI=1S/C27H35N5O4/c1-18-13-24-22(25-23(26(33)29-24)15-28-32(25)20-4-9-35-10-5-20)14-21(18)27(34)31-6-2-3-19(17-31)16-30-7-11-36-12-8-30/h13-15,19-20H,2-12,16-17H2,1H3,(H,29,33). The molecular formula is C27H35N5O4. The molecule has 3 aromatic rings. The van der Waals surface area contributed by atoms with Crippen LogP contribution in [0.2, 0.25) is 0 Å². The number of fused-ring (bicyclic) bond motifs is 3. The molecule has 1 atom stereocenters. The van der Waals surface area contributed by atoms with Crippen molar-refractivity contribution in [3.05, 3.63) is 39.8 Å². The number of aromatic amines is 1. The first-order chi connectivity index (χ1) is 17.6. The van der Waals surface area contributed by atoms with E-state index in [9.17, 15) is 9.59 Å². The minimum atomic E-state index is -0.142. The Labute approximate surface area is 210 Å². The molecule has 0 bridgehead atoms. The lowest BCUT2D eigenvalue weighted by atomic mass is 9.95. The van der Waals surface area contributed by atoms with E-state index >= 15 is 0 Å². The zero-order chi connectivity index (χ0) is 24.6. The highest BCUT2D eigenvalue weighted by atomic mass is 16.5. The van der Waals surface area contributed by atoms with E-state index in [4.69, 9.17) is 9.47 Å². The Morgan fingerprint density at radius 1 is 1.06 bits per heavy atom. The van der Waals surface area contributed by atoms with E-state index in [2.05, 4.69) is 15.0 Å². The van der Waals surface area contributed by atoms with Gasteiger partial charge in [0.15, 0.2) is 0 Å². The van der Waals surface area contributed by atoms with E-state index < -0.39 is 0 Å². The topological polar surface area (TPSA) is 92.7 Å². The van der Waals surface area contributed by atoms with Crippen molar-refractivity contribution < 1.29 is 14.3 Å². The Balaban J connectivity index is 1.33. The number of hydrogen-bond acceptors (Lipinski definition) is 6. The van der Waals surface area contributed by atoms with Crippen molar-refractivity contribution in [3.63, 3.8) is 0 Å². The maximum Gasteiger partial charge on any atom is 0.259 e. The van der Waals surface area contributed by atoms with Crippen molar-refractivity contribution in [3.8, 4) is 0 Å². The Morgan fingerprint density at radius 3 is 2.64 bits per heavy atom. The quantitative estimate of drug-likeness (QED) is 0.601. The number of ether oxygens (including phenoxy) is 2. The molecule has 36 heavy (non-hydrogen) atoms. The monoisotopic (exact) mass is 493 g/mol. The zero-order valence-corrected chi connectivity index (χ0v) is 21.0. The van der Waals surface area contributed by atoms with Gasteiger partial charge in [-0.2, -0.15) is 5.10 Å². The van der Waals surface area contributed by atoms with Crippen LogP contribution in [0.4, 0.5) is 0 Å². The molecule has 0 spiro atoms. The van der Waals surface area contributed by atoms with Gasteiger partial charge in [-0.05, 0) is 56.2 Å². The Kier molecular flexibility index (Phi) is 6.54. The first kappa shape index (κ1) is 23.6. The number of pyridine rings is 1. The van der Waals surface area contributed by atoms with Gasteiger partial charge >= 0.3 is 0 Å². The first-order valence-corrected chi connectivity index (χ1v) is 13.3. The molecule has 1 N–H and O–H groups in total. The van der Waals surface area contributed by atoms with Crippen LogP contribution >= 0.6 is 0 Å². The van der Waals surface area contributed by atoms with E-state index in [1.54, 1.807) is 6.20 Å². The van der Waals surface area contributed by atoms with E-state index in [0.29, 0.717) is 30.1 Å². The zero-order valence-electron chi connectivity index (χ0n) is 21.0. The summed E-state index contributed by atoms with van der Waals surface area (Å²) < 4.78 is 13.0. The second kappa shape index (κ2) is 9.95. The van der Waals surface area contributed by atoms with E-state index in [1.165, 1.54) is 0 Å². The number of aromatic nitrogens is 3. The first-order valence-electron chi connectivity index (χ1n) is 13.3. The Hall–Kier alpha value is -2.75. The molecule has 0 radical (unpaired) electrons. The van der Waals surface area contributed by atoms with Gasteiger partial charge < -0.3 is 19.4 Å². The van der Waals surface area contributed by atoms with Gasteiger partial charge in [-0.1, -0.05) is 0 Å². The molecule has 6 rings (SSSR count). The largest absolute Gasteiger partial charge is 0.381 e. The lowest BCUT2D eigenvalue weighted by Crippen LogP contribution is -2.46. The van der Waals surface area contributed by atoms with Crippen molar-refractivity contribution >= 4 is 27.7 Å². The van der Waals surface area contributed by atoms with Crippen LogP contribution in [0.1, 0.15) is 47.6 Å². The van der Waals surface area contributed by atoms with E-state index in [1.807, 2.05) is 28.6 Å². The predicted molar refractivity (Wildman–Crippen MR) is 138 cm³/mol. The fraction of sp³-hybridized carbons (Fsp3) is 0.593. The molecule has 0 aliphatic carbocycles. The lowest BCUT2D eigenvalue weighted by molar-refractivity contribution is 0.0224. The number of rotatable bonds is 4. The number of piperidine rings is 1. The van der Waals surface area contributed by atoms with Gasteiger partial charge in [0.1, 0.15) is 0 Å². The molecule has 192 valence electrons. The van der Waals surface area contributed by atoms with Gasteiger partial charge in [-0.15, -0.1) is 0 Å². The van der Waals surface area contributed by atoms with Crippen LogP contribution in [0.3, 0.4) is 0 Å². The van der Waals surface area contributed by atoms with Crippen molar-refractivity contribution in [1.29, 1.82) is 0 Å². The van der Waals surface area contributed by atoms with Gasteiger partial charge in [0.05, 0.1) is 41.9 Å². The van der Waals surface area contributed by atoms with Crippen LogP contribution in [0, 0.1) is 12.8 Å². The number of carbonyl (C=O) groups is 1. The summed E-state index contributed by atoms with van der Waals surface area (Å²) in [5.74, 6) is 0.567. The van der Waals surface area contributed by atoms with Crippen LogP contribution in [0.25, 0.3) is 21.8 Å². The summed E-state index contributed by atoms with van der Waals surface area (Å²) in [5, 5.41) is 6.06. The smallest absolute Gasteiger partial charge is 0.259 e. The second-order valence-electron chi connectivity index (χ2n) is 10.5. The number of benzene rings is 1. The van der Waals surface area contributed by atoms with Gasteiger partial charge in [-0.25, -0.2) is 0 Å². The van der Waals surface area contributed by atoms with Crippen LogP contribution in [0.15, 0.2) is 23.1 Å². The number of amides is 1. The molecule has 3 aliphatic rings. The summed E-state index contributed by atoms with van der Waals surface area (Å²) in [7, 11) is 0. The molecule has 1 amide bonds. The van der Waals surface area contributed by atoms with Crippen molar-refractivity contribution in [2.45, 2.75) is 38.6 Å². The summed E-state index contributed by atoms with van der Waals surface area (Å²) in [6.07, 6.45) is 5.57. The maximum absolute atomic E-state index is 13.8. The fourth-order valence-electron chi connectivity index (χ4n) is 6.15. The van der Waals surface area contributed by atoms with Crippen molar-refractivity contribution in [1.82, 2.24) is 24.6 Å². The second-order valence-corrected chi connectivity index (χ2v) is 10.5. The number of nitrogens with zero attached hydrogens (tertiary/aromatic N) is 4. The molecular weight excluding hydrogens is 458 g/mol. The predicted octanol–water partition coefficient (Wildman–Crippen LogP) is 2.72. The number of H-pyrrole nitrogens is 1. The molecule has 1 aromatic carbocycles. The summed E-state index contributed by atoms with van der Waals surface area (Å²) in [4.78, 5) is 34.2. The third kappa shape index (κ3) is 4.44. The number of likely N-dealkylation sites (tertiary alicyclic amines) is 1. The van der Waals surface area contributed by atoms with Crippen LogP contribution in [-0.4, -0.2) is 89.6 Å². The van der Waals surface area contributed by atoms with Gasteiger partial charge in [0.2, 0.25) is 0 Å². The SMILES string of the molecule is Cc1cc2[nH]c(=O)c3cnn(C4CCOCC4)c3c2cc1C(=O)N1CCCC(CN2CCOCC2)C1. The van der Waals surface area contributed by atoms with Crippen molar-refractivity contribution in [2.24, 2.45) is 5.92 Å².